The second-order valence-electron chi connectivity index (χ2n) is 6.78. The van der Waals surface area contributed by atoms with E-state index in [1.54, 1.807) is 19.1 Å². The molecule has 29 heavy (non-hydrogen) atoms. The maximum Gasteiger partial charge on any atom is 0.341 e. The SMILES string of the molecule is CCOC(=O)c1c(NC(=O)COC(=O)C=Cc2ccco2)sc2c1CCC(C)C2. The highest BCUT2D eigenvalue weighted by Crippen LogP contribution is 2.40. The number of amides is 1. The molecule has 1 N–H and O–H groups in total. The number of furan rings is 1. The molecule has 1 aliphatic carbocycles. The average molecular weight is 417 g/mol. The van der Waals surface area contributed by atoms with Gasteiger partial charge in [0.2, 0.25) is 0 Å². The molecule has 0 aromatic carbocycles. The number of hydrogen-bond donors (Lipinski definition) is 1. The first kappa shape index (κ1) is 20.9. The van der Waals surface area contributed by atoms with Gasteiger partial charge in [0.1, 0.15) is 10.8 Å². The van der Waals surface area contributed by atoms with E-state index in [9.17, 15) is 14.4 Å². The summed E-state index contributed by atoms with van der Waals surface area (Å²) in [6, 6.07) is 3.38. The maximum absolute atomic E-state index is 12.5. The number of rotatable bonds is 7. The van der Waals surface area contributed by atoms with Gasteiger partial charge in [-0.05, 0) is 55.9 Å². The van der Waals surface area contributed by atoms with E-state index in [4.69, 9.17) is 13.9 Å². The highest BCUT2D eigenvalue weighted by Gasteiger charge is 2.29. The van der Waals surface area contributed by atoms with Crippen LogP contribution >= 0.6 is 11.3 Å². The normalized spacial score (nSPS) is 15.7. The molecule has 0 saturated carbocycles. The minimum Gasteiger partial charge on any atom is -0.465 e. The second-order valence-corrected chi connectivity index (χ2v) is 7.89. The molecule has 0 aliphatic heterocycles. The van der Waals surface area contributed by atoms with Crippen LogP contribution < -0.4 is 5.32 Å². The molecule has 2 aromatic heterocycles. The monoisotopic (exact) mass is 417 g/mol. The van der Waals surface area contributed by atoms with E-state index in [-0.39, 0.29) is 6.61 Å². The Morgan fingerprint density at radius 1 is 1.34 bits per heavy atom. The van der Waals surface area contributed by atoms with Crippen LogP contribution in [0.5, 0.6) is 0 Å². The van der Waals surface area contributed by atoms with Gasteiger partial charge in [0, 0.05) is 11.0 Å². The number of thiophene rings is 1. The number of carbonyl (C=O) groups excluding carboxylic acids is 3. The van der Waals surface area contributed by atoms with Crippen molar-refractivity contribution in [2.45, 2.75) is 33.1 Å². The molecule has 1 amide bonds. The number of anilines is 1. The summed E-state index contributed by atoms with van der Waals surface area (Å²) < 4.78 is 15.2. The lowest BCUT2D eigenvalue weighted by Crippen LogP contribution is -2.21. The Hall–Kier alpha value is -2.87. The first-order valence-electron chi connectivity index (χ1n) is 9.47. The standard InChI is InChI=1S/C21H23NO6S/c1-3-26-21(25)19-15-8-6-13(2)11-16(15)29-20(19)22-17(23)12-28-18(24)9-7-14-5-4-10-27-14/h4-5,7,9-10,13H,3,6,8,11-12H2,1-2H3,(H,22,23). The van der Waals surface area contributed by atoms with Crippen LogP contribution in [0.3, 0.4) is 0 Å². The van der Waals surface area contributed by atoms with Crippen LogP contribution in [0.15, 0.2) is 28.9 Å². The number of nitrogens with one attached hydrogen (secondary N) is 1. The predicted molar refractivity (Wildman–Crippen MR) is 109 cm³/mol. The number of esters is 2. The van der Waals surface area contributed by atoms with Crippen LogP contribution in [-0.2, 0) is 31.9 Å². The number of carbonyl (C=O) groups is 3. The second kappa shape index (κ2) is 9.56. The Morgan fingerprint density at radius 2 is 2.17 bits per heavy atom. The third-order valence-corrected chi connectivity index (χ3v) is 5.69. The van der Waals surface area contributed by atoms with Gasteiger partial charge < -0.3 is 19.2 Å². The maximum atomic E-state index is 12.5. The van der Waals surface area contributed by atoms with E-state index < -0.39 is 24.5 Å². The molecule has 2 heterocycles. The molecule has 1 unspecified atom stereocenters. The van der Waals surface area contributed by atoms with Gasteiger partial charge in [-0.25, -0.2) is 9.59 Å². The fourth-order valence-corrected chi connectivity index (χ4v) is 4.56. The fraction of sp³-hybridized carbons (Fsp3) is 0.381. The molecule has 0 fully saturated rings. The van der Waals surface area contributed by atoms with Crippen LogP contribution in [0, 0.1) is 5.92 Å². The van der Waals surface area contributed by atoms with Crippen molar-refractivity contribution in [3.63, 3.8) is 0 Å². The van der Waals surface area contributed by atoms with E-state index in [0.29, 0.717) is 22.2 Å². The zero-order valence-electron chi connectivity index (χ0n) is 16.4. The highest BCUT2D eigenvalue weighted by molar-refractivity contribution is 7.17. The van der Waals surface area contributed by atoms with Crippen LogP contribution in [-0.4, -0.2) is 31.1 Å². The highest BCUT2D eigenvalue weighted by atomic mass is 32.1. The van der Waals surface area contributed by atoms with Gasteiger partial charge in [-0.2, -0.15) is 0 Å². The summed E-state index contributed by atoms with van der Waals surface area (Å²) >= 11 is 1.39. The first-order valence-corrected chi connectivity index (χ1v) is 10.3. The Labute approximate surface area is 172 Å². The van der Waals surface area contributed by atoms with E-state index in [1.807, 2.05) is 0 Å². The average Bonchev–Trinajstić information content (AvgIpc) is 3.31. The van der Waals surface area contributed by atoms with Crippen LogP contribution in [0.1, 0.15) is 46.8 Å². The molecule has 1 aliphatic rings. The van der Waals surface area contributed by atoms with Gasteiger partial charge in [0.15, 0.2) is 6.61 Å². The molecular formula is C21H23NO6S. The minimum absolute atomic E-state index is 0.257. The van der Waals surface area contributed by atoms with E-state index >= 15 is 0 Å². The topological polar surface area (TPSA) is 94.8 Å². The molecule has 2 aromatic rings. The summed E-state index contributed by atoms with van der Waals surface area (Å²) in [5.41, 5.74) is 1.39. The van der Waals surface area contributed by atoms with Crippen molar-refractivity contribution >= 4 is 40.3 Å². The molecule has 0 bridgehead atoms. The molecule has 154 valence electrons. The van der Waals surface area contributed by atoms with Crippen LogP contribution in [0.2, 0.25) is 0 Å². The van der Waals surface area contributed by atoms with E-state index in [1.165, 1.54) is 29.8 Å². The van der Waals surface area contributed by atoms with Crippen molar-refractivity contribution in [2.75, 3.05) is 18.5 Å². The van der Waals surface area contributed by atoms with Gasteiger partial charge in [0.05, 0.1) is 18.4 Å². The van der Waals surface area contributed by atoms with E-state index in [2.05, 4.69) is 12.2 Å². The lowest BCUT2D eigenvalue weighted by molar-refractivity contribution is -0.142. The largest absolute Gasteiger partial charge is 0.465 e. The molecule has 0 radical (unpaired) electrons. The van der Waals surface area contributed by atoms with Gasteiger partial charge in [-0.1, -0.05) is 6.92 Å². The van der Waals surface area contributed by atoms with Crippen molar-refractivity contribution in [3.05, 3.63) is 46.2 Å². The van der Waals surface area contributed by atoms with Crippen molar-refractivity contribution in [2.24, 2.45) is 5.92 Å². The number of ether oxygens (including phenoxy) is 2. The summed E-state index contributed by atoms with van der Waals surface area (Å²) in [6.45, 7) is 3.71. The lowest BCUT2D eigenvalue weighted by Gasteiger charge is -2.18. The summed E-state index contributed by atoms with van der Waals surface area (Å²) in [4.78, 5) is 37.6. The van der Waals surface area contributed by atoms with Crippen molar-refractivity contribution in [3.8, 4) is 0 Å². The Morgan fingerprint density at radius 3 is 2.90 bits per heavy atom. The molecular weight excluding hydrogens is 394 g/mol. The Balaban J connectivity index is 1.64. The molecule has 0 spiro atoms. The zero-order valence-corrected chi connectivity index (χ0v) is 17.2. The fourth-order valence-electron chi connectivity index (χ4n) is 3.14. The first-order chi connectivity index (χ1) is 14.0. The molecule has 0 saturated heterocycles. The summed E-state index contributed by atoms with van der Waals surface area (Å²) in [7, 11) is 0. The Bertz CT molecular complexity index is 912. The predicted octanol–water partition coefficient (Wildman–Crippen LogP) is 3.84. The van der Waals surface area contributed by atoms with E-state index in [0.717, 1.165) is 29.7 Å². The quantitative estimate of drug-likeness (QED) is 0.543. The number of fused-ring (bicyclic) bond motifs is 1. The van der Waals surface area contributed by atoms with Crippen molar-refractivity contribution in [1.29, 1.82) is 0 Å². The van der Waals surface area contributed by atoms with Crippen molar-refractivity contribution in [1.82, 2.24) is 0 Å². The third-order valence-electron chi connectivity index (χ3n) is 4.52. The minimum atomic E-state index is -0.665. The Kier molecular flexibility index (Phi) is 6.87. The van der Waals surface area contributed by atoms with Crippen LogP contribution in [0.25, 0.3) is 6.08 Å². The lowest BCUT2D eigenvalue weighted by atomic mass is 9.88. The van der Waals surface area contributed by atoms with Gasteiger partial charge in [-0.15, -0.1) is 11.3 Å². The van der Waals surface area contributed by atoms with Gasteiger partial charge in [0.25, 0.3) is 5.91 Å². The zero-order chi connectivity index (χ0) is 20.8. The van der Waals surface area contributed by atoms with Crippen LogP contribution in [0.4, 0.5) is 5.00 Å². The molecule has 3 rings (SSSR count). The molecule has 8 heteroatoms. The van der Waals surface area contributed by atoms with Gasteiger partial charge >= 0.3 is 11.9 Å². The van der Waals surface area contributed by atoms with Crippen molar-refractivity contribution < 1.29 is 28.3 Å². The molecule has 1 atom stereocenters. The summed E-state index contributed by atoms with van der Waals surface area (Å²) in [5.74, 6) is -0.581. The third kappa shape index (κ3) is 5.35. The number of hydrogen-bond acceptors (Lipinski definition) is 7. The summed E-state index contributed by atoms with van der Waals surface area (Å²) in [5, 5.41) is 3.16. The summed E-state index contributed by atoms with van der Waals surface area (Å²) in [6.07, 6.45) is 6.76. The molecule has 7 nitrogen and oxygen atoms in total. The van der Waals surface area contributed by atoms with Gasteiger partial charge in [-0.3, -0.25) is 4.79 Å². The smallest absolute Gasteiger partial charge is 0.341 e.